The Balaban J connectivity index is 1.68. The number of hydrogen-bond donors (Lipinski definition) is 1. The van der Waals surface area contributed by atoms with Gasteiger partial charge in [-0.05, 0) is 19.3 Å². The Kier molecular flexibility index (Phi) is 4.90. The Morgan fingerprint density at radius 3 is 3.00 bits per heavy atom. The molecular formula is C16H24N4O2. The van der Waals surface area contributed by atoms with E-state index in [0.717, 1.165) is 50.5 Å². The number of aromatic nitrogens is 2. The van der Waals surface area contributed by atoms with Crippen LogP contribution < -0.4 is 9.80 Å². The summed E-state index contributed by atoms with van der Waals surface area (Å²) in [4.78, 5) is 13.2. The maximum absolute atomic E-state index is 9.48. The summed E-state index contributed by atoms with van der Waals surface area (Å²) in [7, 11) is 0. The van der Waals surface area contributed by atoms with Crippen LogP contribution in [0, 0.1) is 0 Å². The van der Waals surface area contributed by atoms with Gasteiger partial charge in [0.05, 0.1) is 25.4 Å². The lowest BCUT2D eigenvalue weighted by Gasteiger charge is -2.25. The molecule has 0 saturated carbocycles. The Morgan fingerprint density at radius 2 is 2.18 bits per heavy atom. The molecule has 0 bridgehead atoms. The summed E-state index contributed by atoms with van der Waals surface area (Å²) in [6.45, 7) is 7.21. The number of aliphatic hydroxyl groups is 1. The topological polar surface area (TPSA) is 61.7 Å². The minimum atomic E-state index is 0.181. The molecule has 2 fully saturated rings. The van der Waals surface area contributed by atoms with Crippen LogP contribution in [0.1, 0.15) is 19.3 Å². The van der Waals surface area contributed by atoms with Gasteiger partial charge in [0.15, 0.2) is 0 Å². The summed E-state index contributed by atoms with van der Waals surface area (Å²) in [6, 6.07) is 2.22. The zero-order chi connectivity index (χ0) is 15.4. The minimum Gasteiger partial charge on any atom is -0.394 e. The maximum atomic E-state index is 9.48. The van der Waals surface area contributed by atoms with Gasteiger partial charge in [0.2, 0.25) is 0 Å². The normalized spacial score (nSPS) is 25.0. The zero-order valence-electron chi connectivity index (χ0n) is 12.9. The van der Waals surface area contributed by atoms with Crippen LogP contribution >= 0.6 is 0 Å². The van der Waals surface area contributed by atoms with Gasteiger partial charge in [-0.1, -0.05) is 6.08 Å². The summed E-state index contributed by atoms with van der Waals surface area (Å²) < 4.78 is 5.72. The zero-order valence-corrected chi connectivity index (χ0v) is 12.9. The van der Waals surface area contributed by atoms with E-state index in [2.05, 4.69) is 26.3 Å². The molecule has 0 aromatic carbocycles. The minimum absolute atomic E-state index is 0.181. The van der Waals surface area contributed by atoms with Crippen LogP contribution in [0.5, 0.6) is 0 Å². The first-order chi connectivity index (χ1) is 10.8. The van der Waals surface area contributed by atoms with Crippen molar-refractivity contribution >= 4 is 11.6 Å². The van der Waals surface area contributed by atoms with Crippen LogP contribution in [0.4, 0.5) is 11.6 Å². The Bertz CT molecular complexity index is 511. The lowest BCUT2D eigenvalue weighted by Crippen LogP contribution is -2.33. The third-order valence-electron chi connectivity index (χ3n) is 4.44. The number of nitrogens with zero attached hydrogens (tertiary/aromatic N) is 4. The first-order valence-electron chi connectivity index (χ1n) is 7.99. The van der Waals surface area contributed by atoms with Crippen molar-refractivity contribution in [2.24, 2.45) is 0 Å². The summed E-state index contributed by atoms with van der Waals surface area (Å²) >= 11 is 0. The predicted molar refractivity (Wildman–Crippen MR) is 86.3 cm³/mol. The van der Waals surface area contributed by atoms with E-state index in [9.17, 15) is 5.11 Å². The molecule has 2 atom stereocenters. The second-order valence-electron chi connectivity index (χ2n) is 5.89. The van der Waals surface area contributed by atoms with E-state index in [4.69, 9.17) is 4.74 Å². The number of anilines is 2. The Hall–Kier alpha value is -1.66. The molecule has 1 N–H and O–H groups in total. The van der Waals surface area contributed by atoms with E-state index < -0.39 is 0 Å². The van der Waals surface area contributed by atoms with Crippen LogP contribution in [0.2, 0.25) is 0 Å². The molecule has 3 heterocycles. The number of ether oxygens (including phenoxy) is 1. The molecule has 3 rings (SSSR count). The van der Waals surface area contributed by atoms with Crippen molar-refractivity contribution in [3.05, 3.63) is 25.0 Å². The molecule has 1 aromatic heterocycles. The van der Waals surface area contributed by atoms with E-state index in [1.54, 1.807) is 12.4 Å². The Morgan fingerprint density at radius 1 is 1.32 bits per heavy atom. The number of rotatable bonds is 6. The van der Waals surface area contributed by atoms with E-state index in [0.29, 0.717) is 6.61 Å². The summed E-state index contributed by atoms with van der Waals surface area (Å²) in [5.41, 5.74) is 0. The van der Waals surface area contributed by atoms with Crippen molar-refractivity contribution < 1.29 is 9.84 Å². The molecule has 6 nitrogen and oxygen atoms in total. The van der Waals surface area contributed by atoms with Crippen LogP contribution in [-0.4, -0.2) is 60.1 Å². The molecule has 1 aromatic rings. The van der Waals surface area contributed by atoms with Crippen molar-refractivity contribution in [3.8, 4) is 0 Å². The van der Waals surface area contributed by atoms with E-state index >= 15 is 0 Å². The highest BCUT2D eigenvalue weighted by Gasteiger charge is 2.27. The largest absolute Gasteiger partial charge is 0.394 e. The van der Waals surface area contributed by atoms with Gasteiger partial charge in [-0.2, -0.15) is 0 Å². The summed E-state index contributed by atoms with van der Waals surface area (Å²) in [6.07, 6.45) is 6.79. The van der Waals surface area contributed by atoms with Gasteiger partial charge in [-0.25, -0.2) is 9.97 Å². The van der Waals surface area contributed by atoms with Gasteiger partial charge in [0.25, 0.3) is 0 Å². The predicted octanol–water partition coefficient (Wildman–Crippen LogP) is 1.22. The second kappa shape index (κ2) is 7.07. The fourth-order valence-electron chi connectivity index (χ4n) is 3.27. The monoisotopic (exact) mass is 304 g/mol. The lowest BCUT2D eigenvalue weighted by atomic mass is 10.2. The Labute approximate surface area is 131 Å². The standard InChI is InChI=1S/C16H24N4O2/c1-2-8-22-14-5-7-19(10-14)15-9-16(18-12-17-15)20-6-3-4-13(20)11-21/h2,9,12-14,21H,1,3-8,10-11H2. The first kappa shape index (κ1) is 15.2. The van der Waals surface area contributed by atoms with E-state index in [1.807, 2.05) is 6.07 Å². The molecule has 0 amide bonds. The van der Waals surface area contributed by atoms with Crippen LogP contribution in [0.3, 0.4) is 0 Å². The fraction of sp³-hybridized carbons (Fsp3) is 0.625. The van der Waals surface area contributed by atoms with Crippen LogP contribution in [0.15, 0.2) is 25.0 Å². The molecule has 22 heavy (non-hydrogen) atoms. The molecular weight excluding hydrogens is 280 g/mol. The highest BCUT2D eigenvalue weighted by atomic mass is 16.5. The van der Waals surface area contributed by atoms with Gasteiger partial charge >= 0.3 is 0 Å². The number of hydrogen-bond acceptors (Lipinski definition) is 6. The van der Waals surface area contributed by atoms with Crippen molar-refractivity contribution in [2.45, 2.75) is 31.4 Å². The van der Waals surface area contributed by atoms with Crippen molar-refractivity contribution in [2.75, 3.05) is 42.6 Å². The maximum Gasteiger partial charge on any atom is 0.134 e. The average Bonchev–Trinajstić information content (AvgIpc) is 3.22. The van der Waals surface area contributed by atoms with Gasteiger partial charge in [-0.3, -0.25) is 0 Å². The smallest absolute Gasteiger partial charge is 0.134 e. The second-order valence-corrected chi connectivity index (χ2v) is 5.89. The SMILES string of the molecule is C=CCOC1CCN(c2cc(N3CCCC3CO)ncn2)C1. The molecule has 0 aliphatic carbocycles. The van der Waals surface area contributed by atoms with Gasteiger partial charge < -0.3 is 19.6 Å². The third-order valence-corrected chi connectivity index (χ3v) is 4.44. The van der Waals surface area contributed by atoms with Crippen molar-refractivity contribution in [3.63, 3.8) is 0 Å². The molecule has 6 heteroatoms. The molecule has 0 spiro atoms. The average molecular weight is 304 g/mol. The highest BCUT2D eigenvalue weighted by molar-refractivity contribution is 5.52. The third kappa shape index (κ3) is 3.23. The molecule has 2 aliphatic heterocycles. The quantitative estimate of drug-likeness (QED) is 0.797. The summed E-state index contributed by atoms with van der Waals surface area (Å²) in [5.74, 6) is 1.86. The molecule has 2 aliphatic rings. The van der Waals surface area contributed by atoms with Gasteiger partial charge in [0, 0.05) is 25.7 Å². The van der Waals surface area contributed by atoms with Crippen molar-refractivity contribution in [1.82, 2.24) is 9.97 Å². The lowest BCUT2D eigenvalue weighted by molar-refractivity contribution is 0.0909. The molecule has 120 valence electrons. The summed E-state index contributed by atoms with van der Waals surface area (Å²) in [5, 5.41) is 9.48. The molecule has 0 radical (unpaired) electrons. The fourth-order valence-corrected chi connectivity index (χ4v) is 3.27. The van der Waals surface area contributed by atoms with Crippen LogP contribution in [0.25, 0.3) is 0 Å². The van der Waals surface area contributed by atoms with Crippen LogP contribution in [-0.2, 0) is 4.74 Å². The highest BCUT2D eigenvalue weighted by Crippen LogP contribution is 2.27. The first-order valence-corrected chi connectivity index (χ1v) is 7.99. The van der Waals surface area contributed by atoms with E-state index in [1.165, 1.54) is 0 Å². The van der Waals surface area contributed by atoms with Gasteiger partial charge in [0.1, 0.15) is 18.0 Å². The van der Waals surface area contributed by atoms with Gasteiger partial charge in [-0.15, -0.1) is 6.58 Å². The van der Waals surface area contributed by atoms with Crippen molar-refractivity contribution in [1.29, 1.82) is 0 Å². The molecule has 2 saturated heterocycles. The van der Waals surface area contributed by atoms with E-state index in [-0.39, 0.29) is 18.8 Å². The molecule has 2 unspecified atom stereocenters. The number of aliphatic hydroxyl groups excluding tert-OH is 1.